The minimum absolute atomic E-state index is 0.0871. The highest BCUT2D eigenvalue weighted by Gasteiger charge is 2.30. The van der Waals surface area contributed by atoms with Crippen LogP contribution in [0.15, 0.2) is 18.3 Å². The van der Waals surface area contributed by atoms with Crippen molar-refractivity contribution in [2.45, 2.75) is 25.8 Å². The first-order chi connectivity index (χ1) is 7.72. The van der Waals surface area contributed by atoms with Gasteiger partial charge in [-0.05, 0) is 31.9 Å². The topological polar surface area (TPSA) is 45.2 Å². The Balaban J connectivity index is 2.12. The summed E-state index contributed by atoms with van der Waals surface area (Å²) in [4.78, 5) is 18.0. The first kappa shape index (κ1) is 10.9. The van der Waals surface area contributed by atoms with E-state index in [2.05, 4.69) is 10.3 Å². The predicted molar refractivity (Wildman–Crippen MR) is 63.5 cm³/mol. The highest BCUT2D eigenvalue weighted by atomic mass is 16.2. The summed E-state index contributed by atoms with van der Waals surface area (Å²) < 4.78 is 0. The van der Waals surface area contributed by atoms with Crippen LogP contribution in [0.25, 0.3) is 0 Å². The Morgan fingerprint density at radius 1 is 1.62 bits per heavy atom. The fraction of sp³-hybridized carbons (Fsp3) is 0.500. The number of hydrogen-bond donors (Lipinski definition) is 1. The monoisotopic (exact) mass is 219 g/mol. The third kappa shape index (κ3) is 2.32. The summed E-state index contributed by atoms with van der Waals surface area (Å²) in [5.41, 5.74) is 0.709. The lowest BCUT2D eigenvalue weighted by molar-refractivity contribution is 0.0785. The zero-order valence-corrected chi connectivity index (χ0v) is 9.73. The molecule has 1 aromatic rings. The van der Waals surface area contributed by atoms with Gasteiger partial charge in [-0.1, -0.05) is 0 Å². The van der Waals surface area contributed by atoms with E-state index in [0.29, 0.717) is 11.6 Å². The molecule has 86 valence electrons. The zero-order valence-electron chi connectivity index (χ0n) is 9.73. The number of nitrogens with zero attached hydrogens (tertiary/aromatic N) is 2. The molecule has 0 saturated heterocycles. The van der Waals surface area contributed by atoms with Crippen molar-refractivity contribution in [3.63, 3.8) is 0 Å². The lowest BCUT2D eigenvalue weighted by atomic mass is 10.2. The van der Waals surface area contributed by atoms with Gasteiger partial charge in [0.25, 0.3) is 5.91 Å². The van der Waals surface area contributed by atoms with Crippen LogP contribution in [0.1, 0.15) is 30.1 Å². The van der Waals surface area contributed by atoms with Crippen LogP contribution in [0.2, 0.25) is 0 Å². The van der Waals surface area contributed by atoms with Crippen molar-refractivity contribution in [3.8, 4) is 0 Å². The average molecular weight is 219 g/mol. The van der Waals surface area contributed by atoms with E-state index in [1.165, 1.54) is 0 Å². The third-order valence-corrected chi connectivity index (χ3v) is 2.78. The van der Waals surface area contributed by atoms with Crippen LogP contribution in [0.3, 0.4) is 0 Å². The summed E-state index contributed by atoms with van der Waals surface area (Å²) in [7, 11) is 1.87. The van der Waals surface area contributed by atoms with Crippen LogP contribution in [0.4, 0.5) is 5.82 Å². The number of pyridine rings is 1. The van der Waals surface area contributed by atoms with Gasteiger partial charge in [-0.25, -0.2) is 4.98 Å². The highest BCUT2D eigenvalue weighted by molar-refractivity contribution is 5.95. The van der Waals surface area contributed by atoms with Gasteiger partial charge < -0.3 is 10.2 Å². The Hall–Kier alpha value is -1.58. The van der Waals surface area contributed by atoms with E-state index in [-0.39, 0.29) is 5.91 Å². The van der Waals surface area contributed by atoms with Crippen LogP contribution < -0.4 is 5.32 Å². The van der Waals surface area contributed by atoms with E-state index < -0.39 is 0 Å². The molecule has 1 fully saturated rings. The quantitative estimate of drug-likeness (QED) is 0.839. The molecule has 16 heavy (non-hydrogen) atoms. The molecule has 0 bridgehead atoms. The highest BCUT2D eigenvalue weighted by Crippen LogP contribution is 2.26. The Labute approximate surface area is 95.7 Å². The van der Waals surface area contributed by atoms with Crippen molar-refractivity contribution in [2.75, 3.05) is 18.9 Å². The lowest BCUT2D eigenvalue weighted by Gasteiger charge is -2.16. The average Bonchev–Trinajstić information content (AvgIpc) is 3.12. The van der Waals surface area contributed by atoms with Gasteiger partial charge in [0, 0.05) is 31.4 Å². The van der Waals surface area contributed by atoms with Gasteiger partial charge in [0.05, 0.1) is 0 Å². The number of nitrogens with one attached hydrogen (secondary N) is 1. The predicted octanol–water partition coefficient (Wildman–Crippen LogP) is 1.75. The van der Waals surface area contributed by atoms with Crippen molar-refractivity contribution in [3.05, 3.63) is 23.9 Å². The molecular formula is C12H17N3O. The molecule has 0 spiro atoms. The summed E-state index contributed by atoms with van der Waals surface area (Å²) in [5.74, 6) is 0.849. The molecule has 0 radical (unpaired) electrons. The Bertz CT molecular complexity index is 388. The minimum atomic E-state index is 0.0871. The van der Waals surface area contributed by atoms with Gasteiger partial charge in [0.15, 0.2) is 0 Å². The van der Waals surface area contributed by atoms with E-state index in [0.717, 1.165) is 25.2 Å². The standard InChI is InChI=1S/C12H17N3O/c1-3-13-11-8-9(6-7-14-11)12(16)15(2)10-4-5-10/h6-8,10H,3-5H2,1-2H3,(H,13,14). The van der Waals surface area contributed by atoms with Gasteiger partial charge in [-0.15, -0.1) is 0 Å². The first-order valence-corrected chi connectivity index (χ1v) is 5.69. The summed E-state index contributed by atoms with van der Waals surface area (Å²) in [5, 5.41) is 3.10. The van der Waals surface area contributed by atoms with Crippen LogP contribution in [0, 0.1) is 0 Å². The fourth-order valence-corrected chi connectivity index (χ4v) is 1.67. The summed E-state index contributed by atoms with van der Waals surface area (Å²) in [6.45, 7) is 2.82. The number of carbonyl (C=O) groups is 1. The molecule has 0 aliphatic heterocycles. The maximum Gasteiger partial charge on any atom is 0.254 e. The number of rotatable bonds is 4. The largest absolute Gasteiger partial charge is 0.370 e. The zero-order chi connectivity index (χ0) is 11.5. The van der Waals surface area contributed by atoms with Crippen molar-refractivity contribution in [2.24, 2.45) is 0 Å². The second-order valence-corrected chi connectivity index (χ2v) is 4.11. The molecule has 0 aromatic carbocycles. The summed E-state index contributed by atoms with van der Waals surface area (Å²) >= 11 is 0. The number of carbonyl (C=O) groups excluding carboxylic acids is 1. The molecule has 1 aromatic heterocycles. The van der Waals surface area contributed by atoms with Crippen molar-refractivity contribution >= 4 is 11.7 Å². The second-order valence-electron chi connectivity index (χ2n) is 4.11. The SMILES string of the molecule is CCNc1cc(C(=O)N(C)C2CC2)ccn1. The molecule has 4 nitrogen and oxygen atoms in total. The van der Waals surface area contributed by atoms with E-state index in [1.54, 1.807) is 12.3 Å². The number of anilines is 1. The van der Waals surface area contributed by atoms with E-state index in [4.69, 9.17) is 0 Å². The van der Waals surface area contributed by atoms with Crippen LogP contribution >= 0.6 is 0 Å². The second kappa shape index (κ2) is 4.51. The molecule has 1 amide bonds. The molecule has 4 heteroatoms. The van der Waals surface area contributed by atoms with Gasteiger partial charge >= 0.3 is 0 Å². The molecule has 1 aliphatic rings. The molecule has 1 saturated carbocycles. The van der Waals surface area contributed by atoms with Gasteiger partial charge in [0.1, 0.15) is 5.82 Å². The molecular weight excluding hydrogens is 202 g/mol. The normalized spacial score (nSPS) is 14.6. The van der Waals surface area contributed by atoms with Crippen LogP contribution in [-0.4, -0.2) is 35.4 Å². The fourth-order valence-electron chi connectivity index (χ4n) is 1.67. The van der Waals surface area contributed by atoms with Crippen molar-refractivity contribution in [1.29, 1.82) is 0 Å². The number of amides is 1. The molecule has 1 N–H and O–H groups in total. The summed E-state index contributed by atoms with van der Waals surface area (Å²) in [6, 6.07) is 4.02. The van der Waals surface area contributed by atoms with E-state index >= 15 is 0 Å². The lowest BCUT2D eigenvalue weighted by Crippen LogP contribution is -2.28. The maximum absolute atomic E-state index is 12.1. The maximum atomic E-state index is 12.1. The number of hydrogen-bond acceptors (Lipinski definition) is 3. The van der Waals surface area contributed by atoms with Crippen LogP contribution in [0.5, 0.6) is 0 Å². The molecule has 0 atom stereocenters. The van der Waals surface area contributed by atoms with Gasteiger partial charge in [-0.2, -0.15) is 0 Å². The van der Waals surface area contributed by atoms with E-state index in [9.17, 15) is 4.79 Å². The first-order valence-electron chi connectivity index (χ1n) is 5.69. The summed E-state index contributed by atoms with van der Waals surface area (Å²) in [6.07, 6.45) is 3.94. The van der Waals surface area contributed by atoms with Crippen molar-refractivity contribution in [1.82, 2.24) is 9.88 Å². The molecule has 2 rings (SSSR count). The molecule has 0 unspecified atom stereocenters. The molecule has 1 aliphatic carbocycles. The molecule has 1 heterocycles. The minimum Gasteiger partial charge on any atom is -0.370 e. The Kier molecular flexibility index (Phi) is 3.08. The van der Waals surface area contributed by atoms with Crippen LogP contribution in [-0.2, 0) is 0 Å². The third-order valence-electron chi connectivity index (χ3n) is 2.78. The van der Waals surface area contributed by atoms with Gasteiger partial charge in [-0.3, -0.25) is 4.79 Å². The van der Waals surface area contributed by atoms with Gasteiger partial charge in [0.2, 0.25) is 0 Å². The Morgan fingerprint density at radius 2 is 2.38 bits per heavy atom. The smallest absolute Gasteiger partial charge is 0.254 e. The van der Waals surface area contributed by atoms with Crippen molar-refractivity contribution < 1.29 is 4.79 Å². The van der Waals surface area contributed by atoms with E-state index in [1.807, 2.05) is 24.9 Å². The Morgan fingerprint density at radius 3 is 3.00 bits per heavy atom. The number of aromatic nitrogens is 1.